The van der Waals surface area contributed by atoms with Gasteiger partial charge in [0.1, 0.15) is 0 Å². The maximum Gasteiger partial charge on any atom is 0.0760 e. The van der Waals surface area contributed by atoms with E-state index in [0.717, 1.165) is 0 Å². The molecule has 0 aliphatic carbocycles. The molecule has 1 saturated heterocycles. The van der Waals surface area contributed by atoms with Crippen molar-refractivity contribution in [1.82, 2.24) is 4.98 Å². The summed E-state index contributed by atoms with van der Waals surface area (Å²) in [5.74, 6) is 0. The van der Waals surface area contributed by atoms with E-state index in [-0.39, 0.29) is 10.8 Å². The smallest absolute Gasteiger partial charge is 0.0760 e. The van der Waals surface area contributed by atoms with Gasteiger partial charge in [0, 0.05) is 24.7 Å². The largest absolute Gasteiger partial charge is 0.371 e. The Bertz CT molecular complexity index is 698. The van der Waals surface area contributed by atoms with Gasteiger partial charge in [-0.05, 0) is 28.4 Å². The Morgan fingerprint density at radius 3 is 2.05 bits per heavy atom. The second kappa shape index (κ2) is 4.97. The SMILES string of the molecule is CC(C)(C)c1cnc2c(C(C)(C)C)cccc2c1N1CCC1. The van der Waals surface area contributed by atoms with E-state index >= 15 is 0 Å². The summed E-state index contributed by atoms with van der Waals surface area (Å²) in [5, 5.41) is 1.32. The summed E-state index contributed by atoms with van der Waals surface area (Å²) in [6.07, 6.45) is 3.41. The van der Waals surface area contributed by atoms with Gasteiger partial charge in [0.25, 0.3) is 0 Å². The zero-order chi connectivity index (χ0) is 16.1. The third-order valence-electron chi connectivity index (χ3n) is 4.66. The average molecular weight is 296 g/mol. The molecule has 0 spiro atoms. The highest BCUT2D eigenvalue weighted by atomic mass is 15.2. The molecular weight excluding hydrogens is 268 g/mol. The monoisotopic (exact) mass is 296 g/mol. The molecule has 2 heteroatoms. The first-order chi connectivity index (χ1) is 10.2. The number of fused-ring (bicyclic) bond motifs is 1. The minimum absolute atomic E-state index is 0.113. The van der Waals surface area contributed by atoms with Crippen LogP contribution in [0.15, 0.2) is 24.4 Å². The van der Waals surface area contributed by atoms with Crippen LogP contribution in [0.2, 0.25) is 0 Å². The molecule has 2 heterocycles. The van der Waals surface area contributed by atoms with Gasteiger partial charge in [-0.2, -0.15) is 0 Å². The van der Waals surface area contributed by atoms with Gasteiger partial charge in [-0.15, -0.1) is 0 Å². The molecule has 1 aromatic carbocycles. The summed E-state index contributed by atoms with van der Waals surface area (Å²) in [4.78, 5) is 7.41. The Morgan fingerprint density at radius 2 is 1.55 bits per heavy atom. The molecule has 22 heavy (non-hydrogen) atoms. The van der Waals surface area contributed by atoms with Crippen LogP contribution in [0, 0.1) is 0 Å². The van der Waals surface area contributed by atoms with Crippen molar-refractivity contribution in [3.8, 4) is 0 Å². The second-order valence-electron chi connectivity index (χ2n) is 8.56. The van der Waals surface area contributed by atoms with Crippen LogP contribution < -0.4 is 4.90 Å². The maximum atomic E-state index is 4.89. The number of hydrogen-bond donors (Lipinski definition) is 0. The lowest BCUT2D eigenvalue weighted by Gasteiger charge is -2.38. The van der Waals surface area contributed by atoms with E-state index in [2.05, 4.69) is 70.8 Å². The van der Waals surface area contributed by atoms with Crippen LogP contribution in [-0.2, 0) is 10.8 Å². The average Bonchev–Trinajstić information content (AvgIpc) is 2.33. The van der Waals surface area contributed by atoms with Gasteiger partial charge in [-0.1, -0.05) is 59.7 Å². The number of pyridine rings is 1. The summed E-state index contributed by atoms with van der Waals surface area (Å²) in [5.41, 5.74) is 5.52. The fourth-order valence-corrected chi connectivity index (χ4v) is 3.24. The van der Waals surface area contributed by atoms with Crippen molar-refractivity contribution < 1.29 is 0 Å². The molecule has 1 aliphatic heterocycles. The number of para-hydroxylation sites is 1. The second-order valence-corrected chi connectivity index (χ2v) is 8.56. The fourth-order valence-electron chi connectivity index (χ4n) is 3.24. The van der Waals surface area contributed by atoms with Gasteiger partial charge in [-0.3, -0.25) is 4.98 Å². The summed E-state index contributed by atoms with van der Waals surface area (Å²) in [7, 11) is 0. The molecule has 0 saturated carbocycles. The van der Waals surface area contributed by atoms with Crippen molar-refractivity contribution in [3.63, 3.8) is 0 Å². The van der Waals surface area contributed by atoms with E-state index in [1.54, 1.807) is 0 Å². The predicted molar refractivity (Wildman–Crippen MR) is 96.0 cm³/mol. The fraction of sp³-hybridized carbons (Fsp3) is 0.550. The topological polar surface area (TPSA) is 16.1 Å². The van der Waals surface area contributed by atoms with Crippen molar-refractivity contribution in [2.45, 2.75) is 58.8 Å². The predicted octanol–water partition coefficient (Wildman–Crippen LogP) is 5.04. The van der Waals surface area contributed by atoms with Gasteiger partial charge < -0.3 is 4.90 Å². The highest BCUT2D eigenvalue weighted by molar-refractivity contribution is 5.96. The zero-order valence-electron chi connectivity index (χ0n) is 14.8. The van der Waals surface area contributed by atoms with Crippen LogP contribution in [0.25, 0.3) is 10.9 Å². The third kappa shape index (κ3) is 2.49. The van der Waals surface area contributed by atoms with Gasteiger partial charge in [0.2, 0.25) is 0 Å². The van der Waals surface area contributed by atoms with Crippen LogP contribution in [0.4, 0.5) is 5.69 Å². The van der Waals surface area contributed by atoms with Gasteiger partial charge in [0.15, 0.2) is 0 Å². The zero-order valence-corrected chi connectivity index (χ0v) is 14.8. The lowest BCUT2D eigenvalue weighted by Crippen LogP contribution is -2.39. The molecular formula is C20H28N2. The number of hydrogen-bond acceptors (Lipinski definition) is 2. The van der Waals surface area contributed by atoms with Crippen LogP contribution >= 0.6 is 0 Å². The summed E-state index contributed by atoms with van der Waals surface area (Å²) in [6, 6.07) is 6.67. The maximum absolute atomic E-state index is 4.89. The van der Waals surface area contributed by atoms with Crippen molar-refractivity contribution >= 4 is 16.6 Å². The normalized spacial score (nSPS) is 16.0. The molecule has 1 aromatic heterocycles. The summed E-state index contributed by atoms with van der Waals surface area (Å²) in [6.45, 7) is 16.0. The molecule has 2 aromatic rings. The Labute approximate surface area is 134 Å². The number of anilines is 1. The van der Waals surface area contributed by atoms with E-state index in [1.807, 2.05) is 0 Å². The van der Waals surface area contributed by atoms with Gasteiger partial charge in [0.05, 0.1) is 11.2 Å². The summed E-state index contributed by atoms with van der Waals surface area (Å²) >= 11 is 0. The molecule has 1 aliphatic rings. The van der Waals surface area contributed by atoms with Crippen molar-refractivity contribution in [1.29, 1.82) is 0 Å². The first kappa shape index (κ1) is 15.3. The molecule has 0 bridgehead atoms. The molecule has 0 unspecified atom stereocenters. The number of nitrogens with zero attached hydrogens (tertiary/aromatic N) is 2. The first-order valence-corrected chi connectivity index (χ1v) is 8.37. The minimum Gasteiger partial charge on any atom is -0.371 e. The minimum atomic E-state index is 0.113. The van der Waals surface area contributed by atoms with Crippen LogP contribution in [-0.4, -0.2) is 18.1 Å². The molecule has 0 atom stereocenters. The molecule has 3 rings (SSSR count). The van der Waals surface area contributed by atoms with Crippen molar-refractivity contribution in [2.24, 2.45) is 0 Å². The lowest BCUT2D eigenvalue weighted by atomic mass is 9.82. The first-order valence-electron chi connectivity index (χ1n) is 8.37. The van der Waals surface area contributed by atoms with Crippen LogP contribution in [0.5, 0.6) is 0 Å². The Hall–Kier alpha value is -1.57. The van der Waals surface area contributed by atoms with Crippen molar-refractivity contribution in [3.05, 3.63) is 35.5 Å². The van der Waals surface area contributed by atoms with Crippen LogP contribution in [0.3, 0.4) is 0 Å². The van der Waals surface area contributed by atoms with Crippen LogP contribution in [0.1, 0.15) is 59.1 Å². The van der Waals surface area contributed by atoms with E-state index in [1.165, 1.54) is 47.2 Å². The van der Waals surface area contributed by atoms with E-state index in [4.69, 9.17) is 4.98 Å². The lowest BCUT2D eigenvalue weighted by molar-refractivity contribution is 0.566. The Balaban J connectivity index is 2.33. The van der Waals surface area contributed by atoms with Crippen molar-refractivity contribution in [2.75, 3.05) is 18.0 Å². The van der Waals surface area contributed by atoms with Gasteiger partial charge in [-0.25, -0.2) is 0 Å². The molecule has 118 valence electrons. The highest BCUT2D eigenvalue weighted by Crippen LogP contribution is 2.41. The Morgan fingerprint density at radius 1 is 0.909 bits per heavy atom. The molecule has 1 fully saturated rings. The molecule has 2 nitrogen and oxygen atoms in total. The number of rotatable bonds is 1. The number of benzene rings is 1. The van der Waals surface area contributed by atoms with E-state index < -0.39 is 0 Å². The quantitative estimate of drug-likeness (QED) is 0.733. The number of aromatic nitrogens is 1. The molecule has 0 amide bonds. The molecule has 0 N–H and O–H groups in total. The van der Waals surface area contributed by atoms with Gasteiger partial charge >= 0.3 is 0 Å². The standard InChI is InChI=1S/C20H28N2/c1-19(2,3)15-10-7-9-14-17(15)21-13-16(20(4,5)6)18(14)22-11-8-12-22/h7,9-10,13H,8,11-12H2,1-6H3. The highest BCUT2D eigenvalue weighted by Gasteiger charge is 2.28. The third-order valence-corrected chi connectivity index (χ3v) is 4.66. The van der Waals surface area contributed by atoms with E-state index in [9.17, 15) is 0 Å². The Kier molecular flexibility index (Phi) is 3.47. The summed E-state index contributed by atoms with van der Waals surface area (Å²) < 4.78 is 0. The van der Waals surface area contributed by atoms with E-state index in [0.29, 0.717) is 0 Å². The molecule has 0 radical (unpaired) electrons.